The molecule has 0 spiro atoms. The molecule has 0 fully saturated rings. The smallest absolute Gasteiger partial charge is 0.252 e. The number of hydrogen-bond acceptors (Lipinski definition) is 5. The van der Waals surface area contributed by atoms with E-state index in [1.807, 2.05) is 52.0 Å². The van der Waals surface area contributed by atoms with Gasteiger partial charge in [-0.3, -0.25) is 14.6 Å². The summed E-state index contributed by atoms with van der Waals surface area (Å²) in [4.78, 5) is 29.6. The molecule has 0 radical (unpaired) electrons. The number of para-hydroxylation sites is 1. The Morgan fingerprint density at radius 3 is 2.47 bits per heavy atom. The fourth-order valence-electron chi connectivity index (χ4n) is 3.67. The fourth-order valence-corrected chi connectivity index (χ4v) is 3.67. The molecule has 7 heteroatoms. The van der Waals surface area contributed by atoms with E-state index in [1.54, 1.807) is 24.4 Å². The number of aryl methyl sites for hydroxylation is 2. The van der Waals surface area contributed by atoms with E-state index in [2.05, 4.69) is 15.6 Å². The first-order chi connectivity index (χ1) is 15.1. The normalized spacial score (nSPS) is 12.4. The summed E-state index contributed by atoms with van der Waals surface area (Å²) in [7, 11) is 0. The molecule has 2 aromatic carbocycles. The van der Waals surface area contributed by atoms with Crippen molar-refractivity contribution in [1.29, 1.82) is 0 Å². The number of fused-ring (bicyclic) bond motifs is 1. The lowest BCUT2D eigenvalue weighted by Gasteiger charge is -2.28. The molecule has 7 nitrogen and oxygen atoms in total. The molecule has 3 rings (SSSR count). The molecule has 0 aliphatic rings. The van der Waals surface area contributed by atoms with Gasteiger partial charge in [-0.2, -0.15) is 0 Å². The van der Waals surface area contributed by atoms with Gasteiger partial charge in [-0.15, -0.1) is 0 Å². The zero-order valence-electron chi connectivity index (χ0n) is 18.9. The molecule has 0 saturated carbocycles. The van der Waals surface area contributed by atoms with Crippen LogP contribution in [0.15, 0.2) is 48.7 Å². The second-order valence-corrected chi connectivity index (χ2v) is 8.84. The van der Waals surface area contributed by atoms with Crippen LogP contribution in [0, 0.1) is 13.8 Å². The van der Waals surface area contributed by atoms with Crippen molar-refractivity contribution in [3.63, 3.8) is 0 Å². The predicted octanol–water partition coefficient (Wildman–Crippen LogP) is 2.75. The number of aromatic hydroxyl groups is 1. The average Bonchev–Trinajstić information content (AvgIpc) is 2.73. The first kappa shape index (κ1) is 23.2. The summed E-state index contributed by atoms with van der Waals surface area (Å²) in [5, 5.41) is 16.4. The van der Waals surface area contributed by atoms with Crippen LogP contribution in [0.25, 0.3) is 10.9 Å². The fraction of sp³-hybridized carbons (Fsp3) is 0.320. The molecule has 0 aliphatic heterocycles. The SMILES string of the molecule is Cc1cc(O)cc(C)c1CC(N)C(=O)NC(C)(C)CNC(=O)c1cnc2ccccc2c1. The topological polar surface area (TPSA) is 117 Å². The first-order valence-electron chi connectivity index (χ1n) is 10.6. The van der Waals surface area contributed by atoms with Crippen molar-refractivity contribution in [3.8, 4) is 5.75 Å². The molecule has 0 aliphatic carbocycles. The van der Waals surface area contributed by atoms with E-state index in [0.717, 1.165) is 27.6 Å². The Labute approximate surface area is 188 Å². The molecule has 1 aromatic heterocycles. The molecular weight excluding hydrogens is 404 g/mol. The number of pyridine rings is 1. The minimum atomic E-state index is -0.753. The zero-order chi connectivity index (χ0) is 23.5. The molecule has 3 aromatic rings. The number of phenolic OH excluding ortho intramolecular Hbond substituents is 1. The van der Waals surface area contributed by atoms with Crippen molar-refractivity contribution >= 4 is 22.7 Å². The highest BCUT2D eigenvalue weighted by Gasteiger charge is 2.25. The highest BCUT2D eigenvalue weighted by molar-refractivity contribution is 5.97. The third-order valence-corrected chi connectivity index (χ3v) is 5.45. The van der Waals surface area contributed by atoms with E-state index in [0.29, 0.717) is 12.0 Å². The van der Waals surface area contributed by atoms with Gasteiger partial charge in [0.1, 0.15) is 5.75 Å². The van der Waals surface area contributed by atoms with Gasteiger partial charge < -0.3 is 21.5 Å². The third-order valence-electron chi connectivity index (χ3n) is 5.45. The molecule has 0 bridgehead atoms. The van der Waals surface area contributed by atoms with Crippen LogP contribution in [0.2, 0.25) is 0 Å². The van der Waals surface area contributed by atoms with Gasteiger partial charge in [0.2, 0.25) is 5.91 Å². The van der Waals surface area contributed by atoms with E-state index in [4.69, 9.17) is 5.73 Å². The molecule has 1 unspecified atom stereocenters. The molecule has 0 saturated heterocycles. The van der Waals surface area contributed by atoms with Crippen LogP contribution < -0.4 is 16.4 Å². The van der Waals surface area contributed by atoms with E-state index in [-0.39, 0.29) is 24.1 Å². The minimum Gasteiger partial charge on any atom is -0.508 e. The summed E-state index contributed by atoms with van der Waals surface area (Å²) in [6.45, 7) is 7.65. The number of nitrogens with zero attached hydrogens (tertiary/aromatic N) is 1. The summed E-state index contributed by atoms with van der Waals surface area (Å²) < 4.78 is 0. The predicted molar refractivity (Wildman–Crippen MR) is 126 cm³/mol. The monoisotopic (exact) mass is 434 g/mol. The van der Waals surface area contributed by atoms with Crippen LogP contribution in [0.1, 0.15) is 40.9 Å². The summed E-state index contributed by atoms with van der Waals surface area (Å²) in [5.41, 5.74) is 9.47. The summed E-state index contributed by atoms with van der Waals surface area (Å²) >= 11 is 0. The van der Waals surface area contributed by atoms with Crippen LogP contribution in [0.3, 0.4) is 0 Å². The lowest BCUT2D eigenvalue weighted by atomic mass is 9.95. The maximum Gasteiger partial charge on any atom is 0.252 e. The zero-order valence-corrected chi connectivity index (χ0v) is 18.9. The number of aromatic nitrogens is 1. The standard InChI is InChI=1S/C25H30N4O3/c1-15-9-19(30)10-16(2)20(15)12-21(26)24(32)29-25(3,4)14-28-23(31)18-11-17-7-5-6-8-22(17)27-13-18/h5-11,13,21,30H,12,14,26H2,1-4H3,(H,28,31)(H,29,32). The summed E-state index contributed by atoms with van der Waals surface area (Å²) in [6.07, 6.45) is 1.90. The van der Waals surface area contributed by atoms with Gasteiger partial charge >= 0.3 is 0 Å². The molecule has 32 heavy (non-hydrogen) atoms. The van der Waals surface area contributed by atoms with Crippen LogP contribution in [0.4, 0.5) is 0 Å². The van der Waals surface area contributed by atoms with Crippen molar-refractivity contribution < 1.29 is 14.7 Å². The molecule has 1 heterocycles. The summed E-state index contributed by atoms with van der Waals surface area (Å²) in [5.74, 6) is -0.367. The summed E-state index contributed by atoms with van der Waals surface area (Å²) in [6, 6.07) is 12.0. The van der Waals surface area contributed by atoms with Gasteiger partial charge in [0, 0.05) is 18.1 Å². The number of carbonyl (C=O) groups excluding carboxylic acids is 2. The minimum absolute atomic E-state index is 0.195. The number of rotatable bonds is 7. The van der Waals surface area contributed by atoms with Crippen LogP contribution in [-0.2, 0) is 11.2 Å². The number of nitrogens with two attached hydrogens (primary N) is 1. The van der Waals surface area contributed by atoms with Gasteiger partial charge in [0.05, 0.1) is 22.7 Å². The van der Waals surface area contributed by atoms with Gasteiger partial charge in [-0.05, 0) is 75.1 Å². The number of amides is 2. The maximum absolute atomic E-state index is 12.7. The Morgan fingerprint density at radius 2 is 1.78 bits per heavy atom. The lowest BCUT2D eigenvalue weighted by Crippen LogP contribution is -2.56. The molecule has 2 amide bonds. The molecule has 168 valence electrons. The number of nitrogens with one attached hydrogen (secondary N) is 2. The highest BCUT2D eigenvalue weighted by Crippen LogP contribution is 2.22. The van der Waals surface area contributed by atoms with Crippen LogP contribution >= 0.6 is 0 Å². The second-order valence-electron chi connectivity index (χ2n) is 8.84. The molecule has 1 atom stereocenters. The Kier molecular flexibility index (Phi) is 6.79. The van der Waals surface area contributed by atoms with E-state index >= 15 is 0 Å². The van der Waals surface area contributed by atoms with Gasteiger partial charge in [0.15, 0.2) is 0 Å². The van der Waals surface area contributed by atoms with E-state index in [9.17, 15) is 14.7 Å². The lowest BCUT2D eigenvalue weighted by molar-refractivity contribution is -0.123. The number of carbonyl (C=O) groups is 2. The van der Waals surface area contributed by atoms with Crippen molar-refractivity contribution in [3.05, 3.63) is 70.9 Å². The Balaban J connectivity index is 1.58. The number of phenols is 1. The van der Waals surface area contributed by atoms with Gasteiger partial charge in [0.25, 0.3) is 5.91 Å². The Bertz CT molecular complexity index is 1130. The Morgan fingerprint density at radius 1 is 1.12 bits per heavy atom. The first-order valence-corrected chi connectivity index (χ1v) is 10.6. The molecule has 5 N–H and O–H groups in total. The highest BCUT2D eigenvalue weighted by atomic mass is 16.3. The third kappa shape index (κ3) is 5.62. The van der Waals surface area contributed by atoms with Crippen molar-refractivity contribution in [2.45, 2.75) is 45.7 Å². The van der Waals surface area contributed by atoms with E-state index < -0.39 is 11.6 Å². The Hall–Kier alpha value is -3.45. The second kappa shape index (κ2) is 9.36. The van der Waals surface area contributed by atoms with Crippen LogP contribution in [-0.4, -0.2) is 40.0 Å². The van der Waals surface area contributed by atoms with Gasteiger partial charge in [-0.1, -0.05) is 18.2 Å². The quantitative estimate of drug-likeness (QED) is 0.456. The van der Waals surface area contributed by atoms with E-state index in [1.165, 1.54) is 0 Å². The van der Waals surface area contributed by atoms with Crippen molar-refractivity contribution in [2.24, 2.45) is 5.73 Å². The van der Waals surface area contributed by atoms with Gasteiger partial charge in [-0.25, -0.2) is 0 Å². The van der Waals surface area contributed by atoms with Crippen LogP contribution in [0.5, 0.6) is 5.75 Å². The largest absolute Gasteiger partial charge is 0.508 e. The maximum atomic E-state index is 12.7. The van der Waals surface area contributed by atoms with Crippen molar-refractivity contribution in [2.75, 3.05) is 6.54 Å². The molecular formula is C25H30N4O3. The average molecular weight is 435 g/mol. The number of hydrogen-bond donors (Lipinski definition) is 4. The number of benzene rings is 2. The van der Waals surface area contributed by atoms with Crippen molar-refractivity contribution in [1.82, 2.24) is 15.6 Å².